The number of hydrogen-bond donors (Lipinski definition) is 0. The van der Waals surface area contributed by atoms with E-state index in [9.17, 15) is 8.78 Å². The van der Waals surface area contributed by atoms with Crippen LogP contribution in [0.2, 0.25) is 0 Å². The van der Waals surface area contributed by atoms with E-state index in [4.69, 9.17) is 0 Å². The highest BCUT2D eigenvalue weighted by Gasteiger charge is 2.37. The zero-order valence-corrected chi connectivity index (χ0v) is 8.21. The van der Waals surface area contributed by atoms with E-state index >= 15 is 0 Å². The fourth-order valence-corrected chi connectivity index (χ4v) is 2.03. The van der Waals surface area contributed by atoms with Gasteiger partial charge in [0, 0.05) is 5.92 Å². The second kappa shape index (κ2) is 3.13. The van der Waals surface area contributed by atoms with Crippen molar-refractivity contribution in [3.63, 3.8) is 0 Å². The summed E-state index contributed by atoms with van der Waals surface area (Å²) in [6.07, 6.45) is 0. The number of hydrogen-bond acceptors (Lipinski definition) is 1. The average molecular weight is 190 g/mol. The lowest BCUT2D eigenvalue weighted by Gasteiger charge is -2.19. The maximum absolute atomic E-state index is 13.4. The molecular weight excluding hydrogens is 178 g/mol. The molecule has 0 radical (unpaired) electrons. The minimum atomic E-state index is -2.67. The normalized spacial score (nSPS) is 12.5. The van der Waals surface area contributed by atoms with Gasteiger partial charge < -0.3 is 0 Å². The molecule has 0 unspecified atom stereocenters. The summed E-state index contributed by atoms with van der Waals surface area (Å²) in [5.74, 6) is -3.30. The van der Waals surface area contributed by atoms with E-state index in [1.54, 1.807) is 32.2 Å². The van der Waals surface area contributed by atoms with Crippen LogP contribution < -0.4 is 0 Å². The monoisotopic (exact) mass is 190 g/mol. The van der Waals surface area contributed by atoms with Gasteiger partial charge in [0.2, 0.25) is 0 Å². The molecule has 12 heavy (non-hydrogen) atoms. The molecule has 0 bridgehead atoms. The molecule has 0 aromatic carbocycles. The first-order valence-corrected chi connectivity index (χ1v) is 4.76. The van der Waals surface area contributed by atoms with Crippen LogP contribution in [0.4, 0.5) is 8.78 Å². The van der Waals surface area contributed by atoms with Crippen LogP contribution in [0.1, 0.15) is 24.3 Å². The lowest BCUT2D eigenvalue weighted by molar-refractivity contribution is -0.0482. The summed E-state index contributed by atoms with van der Waals surface area (Å²) in [4.78, 5) is 0.206. The Hall–Kier alpha value is -0.440. The Morgan fingerprint density at radius 2 is 2.00 bits per heavy atom. The van der Waals surface area contributed by atoms with Crippen molar-refractivity contribution in [2.45, 2.75) is 26.7 Å². The number of thiophene rings is 1. The standard InChI is InChI=1S/C9H12F2S/c1-6(2)9(10,11)8-7(3)4-5-12-8/h4-6H,1-3H3. The van der Waals surface area contributed by atoms with Gasteiger partial charge in [0.15, 0.2) is 0 Å². The lowest BCUT2D eigenvalue weighted by atomic mass is 10.0. The third kappa shape index (κ3) is 1.51. The van der Waals surface area contributed by atoms with Gasteiger partial charge in [-0.25, -0.2) is 8.78 Å². The Bertz CT molecular complexity index is 263. The smallest absolute Gasteiger partial charge is 0.200 e. The van der Waals surface area contributed by atoms with Crippen LogP contribution in [0.5, 0.6) is 0 Å². The fraction of sp³-hybridized carbons (Fsp3) is 0.556. The maximum Gasteiger partial charge on any atom is 0.284 e. The molecule has 0 aliphatic rings. The molecule has 0 saturated heterocycles. The number of rotatable bonds is 2. The topological polar surface area (TPSA) is 0 Å². The highest BCUT2D eigenvalue weighted by molar-refractivity contribution is 7.10. The van der Waals surface area contributed by atoms with Crippen molar-refractivity contribution >= 4 is 11.3 Å². The fourth-order valence-electron chi connectivity index (χ4n) is 0.976. The Kier molecular flexibility index (Phi) is 2.52. The van der Waals surface area contributed by atoms with Gasteiger partial charge in [-0.15, -0.1) is 11.3 Å². The summed E-state index contributed by atoms with van der Waals surface area (Å²) in [6.45, 7) is 4.81. The summed E-state index contributed by atoms with van der Waals surface area (Å²) in [7, 11) is 0. The molecule has 0 saturated carbocycles. The van der Waals surface area contributed by atoms with Gasteiger partial charge in [0.05, 0.1) is 4.88 Å². The highest BCUT2D eigenvalue weighted by Crippen LogP contribution is 2.40. The summed E-state index contributed by atoms with van der Waals surface area (Å²) in [5, 5.41) is 1.71. The quantitative estimate of drug-likeness (QED) is 0.665. The molecule has 1 rings (SSSR count). The largest absolute Gasteiger partial charge is 0.284 e. The van der Waals surface area contributed by atoms with E-state index in [1.807, 2.05) is 0 Å². The molecule has 0 aliphatic heterocycles. The molecule has 0 fully saturated rings. The number of alkyl halides is 2. The molecule has 68 valence electrons. The van der Waals surface area contributed by atoms with Crippen molar-refractivity contribution in [2.75, 3.05) is 0 Å². The molecule has 0 spiro atoms. The SMILES string of the molecule is Cc1ccsc1C(F)(F)C(C)C. The first kappa shape index (κ1) is 9.65. The Morgan fingerprint density at radius 1 is 1.42 bits per heavy atom. The minimum Gasteiger partial charge on any atom is -0.200 e. The molecule has 0 nitrogen and oxygen atoms in total. The van der Waals surface area contributed by atoms with Crippen molar-refractivity contribution in [2.24, 2.45) is 5.92 Å². The van der Waals surface area contributed by atoms with Crippen molar-refractivity contribution in [3.8, 4) is 0 Å². The predicted molar refractivity (Wildman–Crippen MR) is 47.8 cm³/mol. The first-order chi connectivity index (χ1) is 5.46. The molecule has 0 N–H and O–H groups in total. The Morgan fingerprint density at radius 3 is 2.33 bits per heavy atom. The molecule has 1 aromatic rings. The third-order valence-electron chi connectivity index (χ3n) is 1.89. The molecule has 3 heteroatoms. The zero-order valence-electron chi connectivity index (χ0n) is 7.40. The van der Waals surface area contributed by atoms with Crippen molar-refractivity contribution in [1.29, 1.82) is 0 Å². The van der Waals surface area contributed by atoms with Gasteiger partial charge in [-0.1, -0.05) is 13.8 Å². The van der Waals surface area contributed by atoms with Crippen molar-refractivity contribution < 1.29 is 8.78 Å². The first-order valence-electron chi connectivity index (χ1n) is 3.88. The van der Waals surface area contributed by atoms with E-state index < -0.39 is 11.8 Å². The molecule has 0 amide bonds. The van der Waals surface area contributed by atoms with Crippen LogP contribution >= 0.6 is 11.3 Å². The van der Waals surface area contributed by atoms with Crippen LogP contribution in [0.25, 0.3) is 0 Å². The number of aryl methyl sites for hydroxylation is 1. The zero-order chi connectivity index (χ0) is 9.35. The van der Waals surface area contributed by atoms with E-state index in [0.717, 1.165) is 11.3 Å². The summed E-state index contributed by atoms with van der Waals surface area (Å²) in [5.41, 5.74) is 0.693. The van der Waals surface area contributed by atoms with E-state index in [0.29, 0.717) is 5.56 Å². The average Bonchev–Trinajstić information content (AvgIpc) is 2.35. The Labute approximate surface area is 75.2 Å². The van der Waals surface area contributed by atoms with Crippen molar-refractivity contribution in [1.82, 2.24) is 0 Å². The second-order valence-corrected chi connectivity index (χ2v) is 4.13. The van der Waals surface area contributed by atoms with Gasteiger partial charge >= 0.3 is 0 Å². The van der Waals surface area contributed by atoms with Gasteiger partial charge in [-0.3, -0.25) is 0 Å². The van der Waals surface area contributed by atoms with Gasteiger partial charge in [0.25, 0.3) is 5.92 Å². The van der Waals surface area contributed by atoms with Crippen molar-refractivity contribution in [3.05, 3.63) is 21.9 Å². The van der Waals surface area contributed by atoms with E-state index in [1.165, 1.54) is 0 Å². The van der Waals surface area contributed by atoms with E-state index in [2.05, 4.69) is 0 Å². The van der Waals surface area contributed by atoms with Crippen LogP contribution in [0.15, 0.2) is 11.4 Å². The lowest BCUT2D eigenvalue weighted by Crippen LogP contribution is -2.20. The van der Waals surface area contributed by atoms with Gasteiger partial charge in [-0.05, 0) is 23.9 Å². The summed E-state index contributed by atoms with van der Waals surface area (Å²) < 4.78 is 26.8. The summed E-state index contributed by atoms with van der Waals surface area (Å²) in [6, 6.07) is 1.73. The molecule has 0 atom stereocenters. The Balaban J connectivity index is 3.05. The highest BCUT2D eigenvalue weighted by atomic mass is 32.1. The molecular formula is C9H12F2S. The van der Waals surface area contributed by atoms with Crippen LogP contribution in [-0.2, 0) is 5.92 Å². The minimum absolute atomic E-state index is 0.206. The van der Waals surface area contributed by atoms with Gasteiger partial charge in [-0.2, -0.15) is 0 Å². The third-order valence-corrected chi connectivity index (χ3v) is 2.99. The number of halogens is 2. The summed E-state index contributed by atoms with van der Waals surface area (Å²) >= 11 is 1.13. The maximum atomic E-state index is 13.4. The van der Waals surface area contributed by atoms with Crippen LogP contribution in [0.3, 0.4) is 0 Å². The van der Waals surface area contributed by atoms with Gasteiger partial charge in [0.1, 0.15) is 0 Å². The van der Waals surface area contributed by atoms with Crippen LogP contribution in [-0.4, -0.2) is 0 Å². The molecule has 1 heterocycles. The predicted octanol–water partition coefficient (Wildman–Crippen LogP) is 3.80. The molecule has 1 aromatic heterocycles. The van der Waals surface area contributed by atoms with E-state index in [-0.39, 0.29) is 4.88 Å². The second-order valence-electron chi connectivity index (χ2n) is 3.21. The molecule has 0 aliphatic carbocycles. The van der Waals surface area contributed by atoms with Crippen LogP contribution in [0, 0.1) is 12.8 Å².